The van der Waals surface area contributed by atoms with Crippen LogP contribution >= 0.6 is 11.8 Å². The first-order chi connectivity index (χ1) is 15.5. The monoisotopic (exact) mass is 451 g/mol. The van der Waals surface area contributed by atoms with Gasteiger partial charge < -0.3 is 9.80 Å². The van der Waals surface area contributed by atoms with Crippen molar-refractivity contribution in [1.82, 2.24) is 9.80 Å². The van der Waals surface area contributed by atoms with Crippen LogP contribution in [-0.4, -0.2) is 53.3 Å². The number of hydrogen-bond donors (Lipinski definition) is 0. The van der Waals surface area contributed by atoms with Crippen molar-refractivity contribution >= 4 is 22.5 Å². The van der Waals surface area contributed by atoms with Gasteiger partial charge in [-0.15, -0.1) is 11.8 Å². The van der Waals surface area contributed by atoms with Crippen molar-refractivity contribution in [3.63, 3.8) is 0 Å². The second-order valence-electron chi connectivity index (χ2n) is 11.1. The number of allylic oxidation sites excluding steroid dienone is 1. The van der Waals surface area contributed by atoms with E-state index in [2.05, 4.69) is 60.9 Å². The van der Waals surface area contributed by atoms with Crippen LogP contribution in [0.25, 0.3) is 0 Å². The molecule has 0 amide bonds. The lowest BCUT2D eigenvalue weighted by Crippen LogP contribution is -2.40. The van der Waals surface area contributed by atoms with Crippen LogP contribution in [0.2, 0.25) is 0 Å². The summed E-state index contributed by atoms with van der Waals surface area (Å²) in [5.41, 5.74) is 4.97. The van der Waals surface area contributed by atoms with Gasteiger partial charge in [0.05, 0.1) is 5.69 Å². The molecule has 0 radical (unpaired) electrons. The van der Waals surface area contributed by atoms with E-state index in [1.165, 1.54) is 82.7 Å². The Hall–Kier alpha value is -1.26. The average molecular weight is 452 g/mol. The van der Waals surface area contributed by atoms with Crippen LogP contribution in [0.1, 0.15) is 65.7 Å². The Morgan fingerprint density at radius 1 is 0.969 bits per heavy atom. The van der Waals surface area contributed by atoms with Crippen molar-refractivity contribution in [3.8, 4) is 0 Å². The van der Waals surface area contributed by atoms with Gasteiger partial charge in [-0.25, -0.2) is 4.99 Å². The molecule has 2 saturated heterocycles. The van der Waals surface area contributed by atoms with Crippen LogP contribution in [0.4, 0.5) is 5.69 Å². The van der Waals surface area contributed by atoms with Crippen molar-refractivity contribution in [2.24, 2.45) is 21.7 Å². The van der Waals surface area contributed by atoms with E-state index in [4.69, 9.17) is 4.99 Å². The van der Waals surface area contributed by atoms with Gasteiger partial charge in [-0.1, -0.05) is 39.0 Å². The van der Waals surface area contributed by atoms with E-state index >= 15 is 0 Å². The fourth-order valence-corrected chi connectivity index (χ4v) is 7.95. The summed E-state index contributed by atoms with van der Waals surface area (Å²) in [7, 11) is 0. The highest BCUT2D eigenvalue weighted by molar-refractivity contribution is 8.14. The molecule has 174 valence electrons. The second-order valence-corrected chi connectivity index (χ2v) is 12.2. The lowest BCUT2D eigenvalue weighted by Gasteiger charge is -2.43. The Bertz CT molecular complexity index is 862. The third kappa shape index (κ3) is 3.96. The Kier molecular flexibility index (Phi) is 6.46. The number of rotatable bonds is 6. The molecule has 1 aromatic carbocycles. The average Bonchev–Trinajstić information content (AvgIpc) is 3.44. The third-order valence-corrected chi connectivity index (χ3v) is 10.1. The number of likely N-dealkylation sites (tertiary alicyclic amines) is 2. The van der Waals surface area contributed by atoms with Crippen molar-refractivity contribution in [1.29, 1.82) is 0 Å². The maximum absolute atomic E-state index is 5.34. The second kappa shape index (κ2) is 9.18. The van der Waals surface area contributed by atoms with E-state index in [9.17, 15) is 0 Å². The minimum atomic E-state index is 0.275. The van der Waals surface area contributed by atoms with E-state index in [1.807, 2.05) is 11.8 Å². The van der Waals surface area contributed by atoms with Gasteiger partial charge in [-0.2, -0.15) is 0 Å². The maximum Gasteiger partial charge on any atom is 0.102 e. The Labute approximate surface area is 199 Å². The molecule has 2 heterocycles. The lowest BCUT2D eigenvalue weighted by molar-refractivity contribution is 0.124. The van der Waals surface area contributed by atoms with Gasteiger partial charge in [0.25, 0.3) is 0 Å². The first-order valence-corrected chi connectivity index (χ1v) is 14.0. The largest absolute Gasteiger partial charge is 0.374 e. The smallest absolute Gasteiger partial charge is 0.102 e. The molecule has 32 heavy (non-hydrogen) atoms. The van der Waals surface area contributed by atoms with Crippen molar-refractivity contribution in [2.45, 2.75) is 65.7 Å². The molecule has 1 saturated carbocycles. The Balaban J connectivity index is 1.53. The third-order valence-electron chi connectivity index (χ3n) is 9.09. The number of aliphatic imine (C=N–C) groups is 1. The molecule has 2 unspecified atom stereocenters. The SMILES string of the molecule is CC12CCC(C(C(=Nc3ccccc3)SCCN3CCCC3)=C1N1CCCCC1)C2(C)C. The molecule has 4 heteroatoms. The standard InChI is InChI=1S/C28H41N3S/c1-27(2)23-14-15-28(27,3)25(31-18-8-5-9-19-31)24(23)26(29-22-12-6-4-7-13-22)32-21-20-30-16-10-11-17-30/h4,6-7,12-13,23H,5,8-11,14-21H2,1-3H3. The number of fused-ring (bicyclic) bond motifs is 2. The molecule has 5 rings (SSSR count). The van der Waals surface area contributed by atoms with Gasteiger partial charge >= 0.3 is 0 Å². The number of thioether (sulfide) groups is 1. The topological polar surface area (TPSA) is 18.8 Å². The van der Waals surface area contributed by atoms with Gasteiger partial charge in [0.2, 0.25) is 0 Å². The normalized spacial score (nSPS) is 30.5. The summed E-state index contributed by atoms with van der Waals surface area (Å²) in [6.45, 7) is 13.9. The van der Waals surface area contributed by atoms with E-state index in [0.29, 0.717) is 11.3 Å². The number of nitrogens with zero attached hydrogens (tertiary/aromatic N) is 3. The molecule has 0 spiro atoms. The summed E-state index contributed by atoms with van der Waals surface area (Å²) >= 11 is 2.03. The van der Waals surface area contributed by atoms with Gasteiger partial charge in [-0.3, -0.25) is 0 Å². The van der Waals surface area contributed by atoms with Crippen LogP contribution in [0.3, 0.4) is 0 Å². The van der Waals surface area contributed by atoms with Crippen LogP contribution in [0, 0.1) is 16.7 Å². The number of para-hydroxylation sites is 1. The van der Waals surface area contributed by atoms with Crippen molar-refractivity contribution in [3.05, 3.63) is 41.6 Å². The highest BCUT2D eigenvalue weighted by Gasteiger charge is 2.62. The van der Waals surface area contributed by atoms with Gasteiger partial charge in [0.1, 0.15) is 5.04 Å². The van der Waals surface area contributed by atoms with Gasteiger partial charge in [0.15, 0.2) is 0 Å². The van der Waals surface area contributed by atoms with Gasteiger partial charge in [-0.05, 0) is 81.5 Å². The van der Waals surface area contributed by atoms with E-state index in [0.717, 1.165) is 11.4 Å². The number of hydrogen-bond acceptors (Lipinski definition) is 4. The maximum atomic E-state index is 5.34. The summed E-state index contributed by atoms with van der Waals surface area (Å²) < 4.78 is 0. The Morgan fingerprint density at radius 2 is 1.66 bits per heavy atom. The molecule has 1 aromatic rings. The molecule has 2 bridgehead atoms. The minimum absolute atomic E-state index is 0.275. The molecule has 4 aliphatic rings. The summed E-state index contributed by atoms with van der Waals surface area (Å²) in [6.07, 6.45) is 9.45. The van der Waals surface area contributed by atoms with Crippen molar-refractivity contribution in [2.75, 3.05) is 38.5 Å². The quantitative estimate of drug-likeness (QED) is 0.352. The fraction of sp³-hybridized carbons (Fsp3) is 0.679. The molecule has 2 aliphatic carbocycles. The summed E-state index contributed by atoms with van der Waals surface area (Å²) in [5.74, 6) is 1.78. The van der Waals surface area contributed by atoms with Crippen LogP contribution in [-0.2, 0) is 0 Å². The minimum Gasteiger partial charge on any atom is -0.374 e. The van der Waals surface area contributed by atoms with Crippen LogP contribution < -0.4 is 0 Å². The highest BCUT2D eigenvalue weighted by Crippen LogP contribution is 2.69. The molecular formula is C28H41N3S. The molecule has 2 aliphatic heterocycles. The number of benzene rings is 1. The van der Waals surface area contributed by atoms with E-state index in [-0.39, 0.29) is 5.41 Å². The molecule has 0 N–H and O–H groups in total. The number of piperidine rings is 1. The first-order valence-electron chi connectivity index (χ1n) is 13.0. The fourth-order valence-electron chi connectivity index (χ4n) is 6.85. The zero-order chi connectivity index (χ0) is 22.2. The zero-order valence-electron chi connectivity index (χ0n) is 20.4. The molecule has 3 nitrogen and oxygen atoms in total. The lowest BCUT2D eigenvalue weighted by atomic mass is 9.69. The predicted octanol–water partition coefficient (Wildman–Crippen LogP) is 6.74. The predicted molar refractivity (Wildman–Crippen MR) is 139 cm³/mol. The van der Waals surface area contributed by atoms with E-state index in [1.54, 1.807) is 11.3 Å². The van der Waals surface area contributed by atoms with E-state index < -0.39 is 0 Å². The molecule has 2 atom stereocenters. The van der Waals surface area contributed by atoms with Crippen molar-refractivity contribution < 1.29 is 0 Å². The molecular weight excluding hydrogens is 410 g/mol. The molecule has 3 fully saturated rings. The van der Waals surface area contributed by atoms with Gasteiger partial charge in [0, 0.05) is 42.1 Å². The first kappa shape index (κ1) is 22.5. The zero-order valence-corrected chi connectivity index (χ0v) is 21.2. The van der Waals surface area contributed by atoms with Crippen LogP contribution in [0.15, 0.2) is 46.6 Å². The summed E-state index contributed by atoms with van der Waals surface area (Å²) in [6, 6.07) is 10.7. The summed E-state index contributed by atoms with van der Waals surface area (Å²) in [4.78, 5) is 10.8. The molecule has 0 aromatic heterocycles. The van der Waals surface area contributed by atoms with Crippen LogP contribution in [0.5, 0.6) is 0 Å². The highest BCUT2D eigenvalue weighted by atomic mass is 32.2. The summed E-state index contributed by atoms with van der Waals surface area (Å²) in [5, 5.41) is 1.32. The Morgan fingerprint density at radius 3 is 2.38 bits per heavy atom.